The Kier molecular flexibility index (Phi) is 3.81. The van der Waals surface area contributed by atoms with Crippen LogP contribution in [0.1, 0.15) is 27.2 Å². The molecule has 0 saturated carbocycles. The van der Waals surface area contributed by atoms with E-state index < -0.39 is 0 Å². The molecule has 0 aliphatic carbocycles. The fraction of sp³-hybridized carbons (Fsp3) is 0.500. The molecule has 14 heavy (non-hydrogen) atoms. The van der Waals surface area contributed by atoms with Gasteiger partial charge in [0.25, 0.3) is 0 Å². The summed E-state index contributed by atoms with van der Waals surface area (Å²) in [4.78, 5) is 2.29. The van der Waals surface area contributed by atoms with Crippen molar-refractivity contribution >= 4 is 5.69 Å². The summed E-state index contributed by atoms with van der Waals surface area (Å²) >= 11 is 0. The number of nitrogens with zero attached hydrogens (tertiary/aromatic N) is 1. The van der Waals surface area contributed by atoms with Crippen molar-refractivity contribution in [3.05, 3.63) is 24.3 Å². The Balaban J connectivity index is 2.89. The number of anilines is 1. The van der Waals surface area contributed by atoms with Gasteiger partial charge < -0.3 is 10.0 Å². The van der Waals surface area contributed by atoms with Crippen LogP contribution in [-0.4, -0.2) is 17.7 Å². The standard InChI is InChI=1S/C12H19NO/c1-4-10(3)13(5-2)11-7-6-8-12(14)9-11/h6-10,14H,4-5H2,1-3H3. The van der Waals surface area contributed by atoms with E-state index in [9.17, 15) is 5.11 Å². The van der Waals surface area contributed by atoms with Crippen LogP contribution in [-0.2, 0) is 0 Å². The first kappa shape index (κ1) is 10.9. The van der Waals surface area contributed by atoms with Gasteiger partial charge in [-0.2, -0.15) is 0 Å². The van der Waals surface area contributed by atoms with Crippen LogP contribution in [0.15, 0.2) is 24.3 Å². The lowest BCUT2D eigenvalue weighted by atomic mass is 10.2. The number of phenols is 1. The Bertz CT molecular complexity index is 285. The molecule has 78 valence electrons. The van der Waals surface area contributed by atoms with Crippen molar-refractivity contribution in [1.82, 2.24) is 0 Å². The first-order valence-electron chi connectivity index (χ1n) is 5.24. The second-order valence-electron chi connectivity index (χ2n) is 3.56. The van der Waals surface area contributed by atoms with Gasteiger partial charge in [0.1, 0.15) is 5.75 Å². The van der Waals surface area contributed by atoms with Crippen LogP contribution in [0.3, 0.4) is 0 Å². The third-order valence-electron chi connectivity index (χ3n) is 2.62. The molecule has 1 rings (SSSR count). The Morgan fingerprint density at radius 2 is 2.07 bits per heavy atom. The van der Waals surface area contributed by atoms with E-state index in [4.69, 9.17) is 0 Å². The van der Waals surface area contributed by atoms with Crippen LogP contribution in [0.5, 0.6) is 5.75 Å². The van der Waals surface area contributed by atoms with Crippen LogP contribution in [0.2, 0.25) is 0 Å². The lowest BCUT2D eigenvalue weighted by Crippen LogP contribution is -2.32. The van der Waals surface area contributed by atoms with E-state index in [0.29, 0.717) is 11.8 Å². The predicted molar refractivity (Wildman–Crippen MR) is 60.9 cm³/mol. The average Bonchev–Trinajstić information content (AvgIpc) is 2.19. The average molecular weight is 193 g/mol. The highest BCUT2D eigenvalue weighted by atomic mass is 16.3. The van der Waals surface area contributed by atoms with Crippen molar-refractivity contribution in [2.24, 2.45) is 0 Å². The van der Waals surface area contributed by atoms with Crippen molar-refractivity contribution in [1.29, 1.82) is 0 Å². The molecule has 0 aliphatic heterocycles. The van der Waals surface area contributed by atoms with E-state index in [1.807, 2.05) is 18.2 Å². The molecular formula is C12H19NO. The number of hydrogen-bond donors (Lipinski definition) is 1. The number of hydrogen-bond acceptors (Lipinski definition) is 2. The van der Waals surface area contributed by atoms with Gasteiger partial charge in [0.15, 0.2) is 0 Å². The predicted octanol–water partition coefficient (Wildman–Crippen LogP) is 3.02. The Hall–Kier alpha value is -1.18. The lowest BCUT2D eigenvalue weighted by Gasteiger charge is -2.29. The summed E-state index contributed by atoms with van der Waals surface area (Å²) in [6, 6.07) is 7.95. The highest BCUT2D eigenvalue weighted by Gasteiger charge is 2.10. The molecule has 1 N–H and O–H groups in total. The highest BCUT2D eigenvalue weighted by molar-refractivity contribution is 5.50. The summed E-state index contributed by atoms with van der Waals surface area (Å²) in [5, 5.41) is 9.39. The molecule has 0 saturated heterocycles. The molecule has 1 aromatic carbocycles. The molecule has 0 amide bonds. The Morgan fingerprint density at radius 3 is 2.57 bits per heavy atom. The highest BCUT2D eigenvalue weighted by Crippen LogP contribution is 2.22. The van der Waals surface area contributed by atoms with Gasteiger partial charge in [-0.25, -0.2) is 0 Å². The second-order valence-corrected chi connectivity index (χ2v) is 3.56. The molecule has 1 unspecified atom stereocenters. The van der Waals surface area contributed by atoms with Gasteiger partial charge in [-0.1, -0.05) is 13.0 Å². The summed E-state index contributed by atoms with van der Waals surface area (Å²) in [7, 11) is 0. The first-order chi connectivity index (χ1) is 6.69. The zero-order chi connectivity index (χ0) is 10.6. The third-order valence-corrected chi connectivity index (χ3v) is 2.62. The van der Waals surface area contributed by atoms with Crippen LogP contribution in [0.4, 0.5) is 5.69 Å². The number of aromatic hydroxyl groups is 1. The zero-order valence-electron chi connectivity index (χ0n) is 9.20. The number of rotatable bonds is 4. The summed E-state index contributed by atoms with van der Waals surface area (Å²) in [6.07, 6.45) is 1.11. The Labute approximate surface area is 86.2 Å². The fourth-order valence-electron chi connectivity index (χ4n) is 1.64. The van der Waals surface area contributed by atoms with Crippen LogP contribution in [0, 0.1) is 0 Å². The minimum atomic E-state index is 0.337. The number of benzene rings is 1. The van der Waals surface area contributed by atoms with E-state index in [1.54, 1.807) is 6.07 Å². The summed E-state index contributed by atoms with van der Waals surface area (Å²) < 4.78 is 0. The molecule has 1 aromatic rings. The second kappa shape index (κ2) is 4.89. The molecular weight excluding hydrogens is 174 g/mol. The van der Waals surface area contributed by atoms with E-state index >= 15 is 0 Å². The normalized spacial score (nSPS) is 12.5. The zero-order valence-corrected chi connectivity index (χ0v) is 9.20. The third kappa shape index (κ3) is 2.41. The molecule has 0 radical (unpaired) electrons. The van der Waals surface area contributed by atoms with E-state index in [-0.39, 0.29) is 0 Å². The molecule has 1 atom stereocenters. The van der Waals surface area contributed by atoms with Gasteiger partial charge in [-0.05, 0) is 32.4 Å². The first-order valence-corrected chi connectivity index (χ1v) is 5.24. The maximum absolute atomic E-state index is 9.39. The van der Waals surface area contributed by atoms with Crippen LogP contribution >= 0.6 is 0 Å². The molecule has 0 spiro atoms. The summed E-state index contributed by atoms with van der Waals surface area (Å²) in [5.74, 6) is 0.337. The molecule has 0 fully saturated rings. The van der Waals surface area contributed by atoms with Gasteiger partial charge in [0.2, 0.25) is 0 Å². The largest absolute Gasteiger partial charge is 0.508 e. The van der Waals surface area contributed by atoms with Crippen molar-refractivity contribution in [2.45, 2.75) is 33.2 Å². The van der Waals surface area contributed by atoms with Gasteiger partial charge in [-0.15, -0.1) is 0 Å². The molecule has 0 aliphatic rings. The van der Waals surface area contributed by atoms with Crippen molar-refractivity contribution < 1.29 is 5.11 Å². The number of phenolic OH excluding ortho intramolecular Hbond substituents is 1. The Morgan fingerprint density at radius 1 is 1.36 bits per heavy atom. The molecule has 2 heteroatoms. The van der Waals surface area contributed by atoms with Gasteiger partial charge in [0, 0.05) is 24.3 Å². The molecule has 0 aromatic heterocycles. The van der Waals surface area contributed by atoms with Gasteiger partial charge >= 0.3 is 0 Å². The minimum absolute atomic E-state index is 0.337. The van der Waals surface area contributed by atoms with Gasteiger partial charge in [0.05, 0.1) is 0 Å². The molecule has 2 nitrogen and oxygen atoms in total. The SMILES string of the molecule is CCC(C)N(CC)c1cccc(O)c1. The fourth-order valence-corrected chi connectivity index (χ4v) is 1.64. The van der Waals surface area contributed by atoms with Gasteiger partial charge in [-0.3, -0.25) is 0 Å². The smallest absolute Gasteiger partial charge is 0.117 e. The monoisotopic (exact) mass is 193 g/mol. The maximum atomic E-state index is 9.39. The molecule has 0 heterocycles. The summed E-state index contributed by atoms with van der Waals surface area (Å²) in [6.45, 7) is 7.48. The quantitative estimate of drug-likeness (QED) is 0.794. The van der Waals surface area contributed by atoms with Crippen LogP contribution < -0.4 is 4.90 Å². The van der Waals surface area contributed by atoms with Crippen LogP contribution in [0.25, 0.3) is 0 Å². The summed E-state index contributed by atoms with van der Waals surface area (Å²) in [5.41, 5.74) is 1.10. The lowest BCUT2D eigenvalue weighted by molar-refractivity contribution is 0.475. The maximum Gasteiger partial charge on any atom is 0.117 e. The minimum Gasteiger partial charge on any atom is -0.508 e. The van der Waals surface area contributed by atoms with E-state index in [0.717, 1.165) is 18.7 Å². The topological polar surface area (TPSA) is 23.5 Å². The van der Waals surface area contributed by atoms with E-state index in [2.05, 4.69) is 25.7 Å². The van der Waals surface area contributed by atoms with Crippen molar-refractivity contribution in [2.75, 3.05) is 11.4 Å². The van der Waals surface area contributed by atoms with Crippen molar-refractivity contribution in [3.63, 3.8) is 0 Å². The van der Waals surface area contributed by atoms with E-state index in [1.165, 1.54) is 0 Å². The van der Waals surface area contributed by atoms with Crippen molar-refractivity contribution in [3.8, 4) is 5.75 Å². The molecule has 0 bridgehead atoms.